The molecular formula is C41H55Cl2IrN3O3S. The van der Waals surface area contributed by atoms with Crippen LogP contribution in [0.15, 0.2) is 72.2 Å². The van der Waals surface area contributed by atoms with Gasteiger partial charge in [0.05, 0.1) is 24.7 Å². The average Bonchev–Trinajstić information content (AvgIpc) is 3.78. The van der Waals surface area contributed by atoms with Crippen LogP contribution in [0.5, 0.6) is 0 Å². The van der Waals surface area contributed by atoms with Gasteiger partial charge in [-0.15, -0.1) is 11.3 Å². The minimum atomic E-state index is -0.407. The van der Waals surface area contributed by atoms with Crippen LogP contribution in [0.2, 0.25) is 10.0 Å². The SMILES string of the molecule is C.CCOC(=O)C(C)(C)CCCCCC(c1ccccc1Cl)N1CCc2[nH]ccc2C1.OCC(c1ccccc1Cl)N1CCc2sccc2C1.[Ir]. The molecular weight excluding hydrogens is 878 g/mol. The molecule has 0 aliphatic carbocycles. The van der Waals surface area contributed by atoms with E-state index in [-0.39, 0.29) is 46.2 Å². The van der Waals surface area contributed by atoms with Crippen molar-refractivity contribution in [3.63, 3.8) is 0 Å². The van der Waals surface area contributed by atoms with E-state index in [9.17, 15) is 9.90 Å². The van der Waals surface area contributed by atoms with E-state index >= 15 is 0 Å². The van der Waals surface area contributed by atoms with E-state index in [0.717, 1.165) is 86.7 Å². The maximum absolute atomic E-state index is 12.1. The summed E-state index contributed by atoms with van der Waals surface area (Å²) < 4.78 is 5.21. The molecule has 6 rings (SSSR count). The molecule has 2 aliphatic rings. The zero-order valence-corrected chi connectivity index (χ0v) is 34.2. The van der Waals surface area contributed by atoms with Crippen LogP contribution in [0.1, 0.15) is 105 Å². The maximum atomic E-state index is 12.1. The Labute approximate surface area is 333 Å². The van der Waals surface area contributed by atoms with Gasteiger partial charge in [0.25, 0.3) is 0 Å². The number of halogens is 2. The second-order valence-electron chi connectivity index (χ2n) is 13.8. The number of carbonyl (C=O) groups excluding carboxylic acids is 1. The summed E-state index contributed by atoms with van der Waals surface area (Å²) >= 11 is 14.7. The summed E-state index contributed by atoms with van der Waals surface area (Å²) in [7, 11) is 0. The van der Waals surface area contributed by atoms with Gasteiger partial charge in [0.1, 0.15) is 0 Å². The number of fused-ring (bicyclic) bond motifs is 2. The molecule has 2 atom stereocenters. The van der Waals surface area contributed by atoms with Gasteiger partial charge in [-0.3, -0.25) is 14.6 Å². The minimum absolute atomic E-state index is 0. The van der Waals surface area contributed by atoms with Gasteiger partial charge in [0, 0.05) is 85.6 Å². The number of aromatic amines is 1. The van der Waals surface area contributed by atoms with Gasteiger partial charge in [0.15, 0.2) is 0 Å². The molecule has 4 heterocycles. The Hall–Kier alpha value is -2.00. The van der Waals surface area contributed by atoms with E-state index in [1.165, 1.54) is 27.3 Å². The second kappa shape index (κ2) is 21.0. The van der Waals surface area contributed by atoms with Crippen LogP contribution >= 0.6 is 34.5 Å². The number of carbonyl (C=O) groups is 1. The molecule has 0 fully saturated rings. The largest absolute Gasteiger partial charge is 0.466 e. The third-order valence-corrected chi connectivity index (χ3v) is 11.7. The number of nitrogens with zero attached hydrogens (tertiary/aromatic N) is 2. The van der Waals surface area contributed by atoms with Gasteiger partial charge >= 0.3 is 5.97 Å². The Balaban J connectivity index is 0.000000289. The molecule has 6 nitrogen and oxygen atoms in total. The molecule has 2 N–H and O–H groups in total. The van der Waals surface area contributed by atoms with Crippen molar-refractivity contribution < 1.29 is 34.7 Å². The summed E-state index contributed by atoms with van der Waals surface area (Å²) in [5.41, 5.74) is 5.99. The summed E-state index contributed by atoms with van der Waals surface area (Å²) in [6.07, 6.45) is 9.35. The Morgan fingerprint density at radius 3 is 2.20 bits per heavy atom. The molecule has 281 valence electrons. The molecule has 0 saturated carbocycles. The number of aliphatic hydroxyl groups is 1. The van der Waals surface area contributed by atoms with Gasteiger partial charge in [-0.25, -0.2) is 0 Å². The topological polar surface area (TPSA) is 68.8 Å². The number of benzene rings is 2. The number of esters is 1. The molecule has 1 radical (unpaired) electrons. The van der Waals surface area contributed by atoms with E-state index in [4.69, 9.17) is 27.9 Å². The first-order valence-corrected chi connectivity index (χ1v) is 19.3. The van der Waals surface area contributed by atoms with E-state index in [2.05, 4.69) is 44.4 Å². The minimum Gasteiger partial charge on any atom is -0.466 e. The predicted octanol–water partition coefficient (Wildman–Crippen LogP) is 10.4. The summed E-state index contributed by atoms with van der Waals surface area (Å²) in [6, 6.07) is 20.7. The average molecular weight is 933 g/mol. The van der Waals surface area contributed by atoms with E-state index in [1.54, 1.807) is 0 Å². The molecule has 2 aromatic heterocycles. The summed E-state index contributed by atoms with van der Waals surface area (Å²) in [4.78, 5) is 21.8. The van der Waals surface area contributed by atoms with Gasteiger partial charge < -0.3 is 14.8 Å². The Kier molecular flexibility index (Phi) is 17.9. The molecule has 0 spiro atoms. The van der Waals surface area contributed by atoms with Crippen molar-refractivity contribution in [1.29, 1.82) is 0 Å². The molecule has 0 bridgehead atoms. The number of ether oxygens (including phenoxy) is 1. The Morgan fingerprint density at radius 1 is 0.902 bits per heavy atom. The predicted molar refractivity (Wildman–Crippen MR) is 209 cm³/mol. The summed E-state index contributed by atoms with van der Waals surface area (Å²) in [5.74, 6) is -0.0884. The van der Waals surface area contributed by atoms with E-state index in [1.807, 2.05) is 74.7 Å². The third-order valence-electron chi connectivity index (χ3n) is 9.98. The standard InChI is InChI=1S/C25H35ClN2O2.C15H16ClNOS.CH4.Ir/c1-4-30-24(29)25(2,3)15-9-5-6-12-23(20-10-7-8-11-21(20)26)28-17-14-22-19(18-28)13-16-27-22;16-13-4-2-1-3-12(13)14(10-18)17-7-5-15-11(9-17)6-8-19-15;;/h7-8,10-11,13,16,23,27H,4-6,9,12,14-15,17-18H2,1-3H3;1-4,6,8,14,18H,5,7,9-10H2;1H4;. The number of thiophene rings is 1. The maximum Gasteiger partial charge on any atom is 0.311 e. The smallest absolute Gasteiger partial charge is 0.311 e. The van der Waals surface area contributed by atoms with Gasteiger partial charge in [-0.05, 0) is 91.9 Å². The van der Waals surface area contributed by atoms with Crippen LogP contribution in [0.25, 0.3) is 0 Å². The van der Waals surface area contributed by atoms with Crippen molar-refractivity contribution in [2.24, 2.45) is 5.41 Å². The molecule has 0 amide bonds. The molecule has 10 heteroatoms. The number of aromatic nitrogens is 1. The molecule has 51 heavy (non-hydrogen) atoms. The normalized spacial score (nSPS) is 15.6. The van der Waals surface area contributed by atoms with Crippen molar-refractivity contribution >= 4 is 40.5 Å². The van der Waals surface area contributed by atoms with Crippen molar-refractivity contribution in [2.75, 3.05) is 26.3 Å². The van der Waals surface area contributed by atoms with Crippen molar-refractivity contribution in [3.05, 3.63) is 115 Å². The Morgan fingerprint density at radius 2 is 1.53 bits per heavy atom. The molecule has 4 aromatic rings. The van der Waals surface area contributed by atoms with Crippen LogP contribution in [0, 0.1) is 5.41 Å². The van der Waals surface area contributed by atoms with Crippen LogP contribution in [-0.2, 0) is 55.6 Å². The fourth-order valence-corrected chi connectivity index (χ4v) is 8.53. The van der Waals surface area contributed by atoms with Crippen LogP contribution in [0.4, 0.5) is 0 Å². The fraction of sp³-hybridized carbons (Fsp3) is 0.488. The van der Waals surface area contributed by atoms with Crippen LogP contribution < -0.4 is 0 Å². The van der Waals surface area contributed by atoms with E-state index in [0.29, 0.717) is 12.6 Å². The first-order chi connectivity index (χ1) is 23.7. The number of hydrogen-bond acceptors (Lipinski definition) is 6. The zero-order valence-electron chi connectivity index (χ0n) is 29.4. The first kappa shape index (κ1) is 43.4. The molecule has 0 saturated heterocycles. The molecule has 2 aromatic carbocycles. The molecule has 2 aliphatic heterocycles. The third kappa shape index (κ3) is 11.5. The van der Waals surface area contributed by atoms with Crippen molar-refractivity contribution in [3.8, 4) is 0 Å². The number of H-pyrrole nitrogens is 1. The number of rotatable bonds is 13. The number of aliphatic hydroxyl groups excluding tert-OH is 1. The van der Waals surface area contributed by atoms with Gasteiger partial charge in [0.2, 0.25) is 0 Å². The molecule has 2 unspecified atom stereocenters. The quantitative estimate of drug-likeness (QED) is 0.103. The zero-order chi connectivity index (χ0) is 34.8. The number of unbranched alkanes of at least 4 members (excludes halogenated alkanes) is 2. The van der Waals surface area contributed by atoms with E-state index < -0.39 is 5.41 Å². The number of hydrogen-bond donors (Lipinski definition) is 2. The fourth-order valence-electron chi connectivity index (χ4n) is 7.12. The van der Waals surface area contributed by atoms with Crippen LogP contribution in [-0.4, -0.2) is 52.2 Å². The second-order valence-corrected chi connectivity index (χ2v) is 15.6. The summed E-state index contributed by atoms with van der Waals surface area (Å²) in [5, 5.41) is 13.5. The van der Waals surface area contributed by atoms with Crippen molar-refractivity contribution in [1.82, 2.24) is 14.8 Å². The van der Waals surface area contributed by atoms with Gasteiger partial charge in [-0.2, -0.15) is 0 Å². The first-order valence-electron chi connectivity index (χ1n) is 17.7. The Bertz CT molecular complexity index is 1640. The summed E-state index contributed by atoms with van der Waals surface area (Å²) in [6.45, 7) is 10.3. The van der Waals surface area contributed by atoms with Crippen LogP contribution in [0.3, 0.4) is 0 Å². The van der Waals surface area contributed by atoms with Gasteiger partial charge in [-0.1, -0.05) is 86.3 Å². The monoisotopic (exact) mass is 932 g/mol. The number of nitrogens with one attached hydrogen (secondary N) is 1. The van der Waals surface area contributed by atoms with Crippen molar-refractivity contribution in [2.45, 2.75) is 98.3 Å².